The van der Waals surface area contributed by atoms with Crippen LogP contribution in [0.15, 0.2) is 11.4 Å². The van der Waals surface area contributed by atoms with Gasteiger partial charge in [-0.05, 0) is 23.0 Å². The van der Waals surface area contributed by atoms with E-state index < -0.39 is 0 Å². The highest BCUT2D eigenvalue weighted by Gasteiger charge is 2.12. The number of rotatable bonds is 2. The highest BCUT2D eigenvalue weighted by Crippen LogP contribution is 2.31. The van der Waals surface area contributed by atoms with Crippen LogP contribution in [0.4, 0.5) is 5.95 Å². The number of thiophene rings is 1. The molecule has 2 aromatic rings. The van der Waals surface area contributed by atoms with Crippen LogP contribution in [0.25, 0.3) is 10.7 Å². The first-order valence-electron chi connectivity index (χ1n) is 4.40. The van der Waals surface area contributed by atoms with Crippen LogP contribution >= 0.6 is 34.5 Å². The summed E-state index contributed by atoms with van der Waals surface area (Å²) in [4.78, 5) is 14.9. The van der Waals surface area contributed by atoms with Gasteiger partial charge in [0.1, 0.15) is 0 Å². The summed E-state index contributed by atoms with van der Waals surface area (Å²) in [6, 6.07) is 1.80. The zero-order valence-electron chi connectivity index (χ0n) is 8.61. The average Bonchev–Trinajstić information content (AvgIpc) is 2.63. The Morgan fingerprint density at radius 3 is 2.50 bits per heavy atom. The van der Waals surface area contributed by atoms with E-state index >= 15 is 0 Å². The second-order valence-electron chi connectivity index (χ2n) is 3.22. The predicted octanol–water partition coefficient (Wildman–Crippen LogP) is 2.97. The lowest BCUT2D eigenvalue weighted by atomic mass is 10.4. The third kappa shape index (κ3) is 2.26. The molecule has 0 aliphatic rings. The molecule has 16 heavy (non-hydrogen) atoms. The Hall–Kier alpha value is -0.910. The first-order valence-corrected chi connectivity index (χ1v) is 6.04. The van der Waals surface area contributed by atoms with Gasteiger partial charge in [0, 0.05) is 14.1 Å². The molecule has 0 spiro atoms. The lowest BCUT2D eigenvalue weighted by molar-refractivity contribution is 0.964. The van der Waals surface area contributed by atoms with Gasteiger partial charge in [-0.25, -0.2) is 0 Å². The smallest absolute Gasteiger partial charge is 0.229 e. The number of hydrogen-bond donors (Lipinski definition) is 0. The van der Waals surface area contributed by atoms with E-state index in [-0.39, 0.29) is 5.28 Å². The highest BCUT2D eigenvalue weighted by atomic mass is 35.5. The molecular formula is C9H8Cl2N4S. The molecule has 0 amide bonds. The highest BCUT2D eigenvalue weighted by molar-refractivity contribution is 7.14. The number of aromatic nitrogens is 3. The van der Waals surface area contributed by atoms with Gasteiger partial charge in [-0.2, -0.15) is 15.0 Å². The quantitative estimate of drug-likeness (QED) is 0.845. The van der Waals surface area contributed by atoms with Gasteiger partial charge < -0.3 is 4.90 Å². The molecule has 0 unspecified atom stereocenters. The van der Waals surface area contributed by atoms with E-state index in [0.29, 0.717) is 16.8 Å². The minimum Gasteiger partial charge on any atom is -0.347 e. The Balaban J connectivity index is 2.54. The normalized spacial score (nSPS) is 10.5. The van der Waals surface area contributed by atoms with Crippen LogP contribution in [0, 0.1) is 0 Å². The zero-order chi connectivity index (χ0) is 11.7. The number of hydrogen-bond acceptors (Lipinski definition) is 5. The average molecular weight is 275 g/mol. The molecule has 2 aromatic heterocycles. The van der Waals surface area contributed by atoms with Crippen molar-refractivity contribution in [2.24, 2.45) is 0 Å². The fraction of sp³-hybridized carbons (Fsp3) is 0.222. The van der Waals surface area contributed by atoms with E-state index in [1.165, 1.54) is 11.3 Å². The van der Waals surface area contributed by atoms with Crippen molar-refractivity contribution >= 4 is 40.5 Å². The van der Waals surface area contributed by atoms with Crippen LogP contribution in [0.3, 0.4) is 0 Å². The van der Waals surface area contributed by atoms with Crippen molar-refractivity contribution in [3.63, 3.8) is 0 Å². The van der Waals surface area contributed by atoms with Crippen LogP contribution in [0.5, 0.6) is 0 Å². The van der Waals surface area contributed by atoms with E-state index in [9.17, 15) is 0 Å². The fourth-order valence-electron chi connectivity index (χ4n) is 1.09. The standard InChI is InChI=1S/C9H8Cl2N4S/c1-15(2)9-13-7(12-8(11)14-9)6-5(10)3-4-16-6/h3-4H,1-2H3. The second kappa shape index (κ2) is 4.53. The molecule has 0 saturated heterocycles. The minimum absolute atomic E-state index is 0.165. The lowest BCUT2D eigenvalue weighted by Crippen LogP contribution is -2.13. The van der Waals surface area contributed by atoms with Crippen LogP contribution < -0.4 is 4.90 Å². The Morgan fingerprint density at radius 2 is 1.94 bits per heavy atom. The summed E-state index contributed by atoms with van der Waals surface area (Å²) in [7, 11) is 3.68. The predicted molar refractivity (Wildman–Crippen MR) is 67.5 cm³/mol. The van der Waals surface area contributed by atoms with Gasteiger partial charge in [0.25, 0.3) is 0 Å². The van der Waals surface area contributed by atoms with Gasteiger partial charge in [-0.3, -0.25) is 0 Å². The van der Waals surface area contributed by atoms with E-state index in [1.54, 1.807) is 11.0 Å². The van der Waals surface area contributed by atoms with E-state index in [4.69, 9.17) is 23.2 Å². The van der Waals surface area contributed by atoms with E-state index in [2.05, 4.69) is 15.0 Å². The molecule has 0 radical (unpaired) electrons. The minimum atomic E-state index is 0.165. The number of nitrogens with zero attached hydrogens (tertiary/aromatic N) is 4. The SMILES string of the molecule is CN(C)c1nc(Cl)nc(-c2sccc2Cl)n1. The maximum atomic E-state index is 6.01. The van der Waals surface area contributed by atoms with E-state index in [0.717, 1.165) is 4.88 Å². The molecule has 0 aliphatic carbocycles. The van der Waals surface area contributed by atoms with Crippen molar-refractivity contribution in [3.8, 4) is 10.7 Å². The van der Waals surface area contributed by atoms with Gasteiger partial charge in [0.2, 0.25) is 11.2 Å². The van der Waals surface area contributed by atoms with Crippen molar-refractivity contribution in [3.05, 3.63) is 21.8 Å². The van der Waals surface area contributed by atoms with Crippen molar-refractivity contribution in [1.82, 2.24) is 15.0 Å². The molecule has 0 atom stereocenters. The van der Waals surface area contributed by atoms with Crippen LogP contribution in [0.2, 0.25) is 10.3 Å². The lowest BCUT2D eigenvalue weighted by Gasteiger charge is -2.10. The summed E-state index contributed by atoms with van der Waals surface area (Å²) in [6.45, 7) is 0. The molecule has 0 saturated carbocycles. The monoisotopic (exact) mass is 274 g/mol. The maximum Gasteiger partial charge on any atom is 0.229 e. The molecule has 0 fully saturated rings. The van der Waals surface area contributed by atoms with Gasteiger partial charge >= 0.3 is 0 Å². The van der Waals surface area contributed by atoms with Gasteiger partial charge in [0.05, 0.1) is 9.90 Å². The molecule has 0 N–H and O–H groups in total. The molecule has 0 bridgehead atoms. The van der Waals surface area contributed by atoms with Crippen LogP contribution in [0.1, 0.15) is 0 Å². The third-order valence-electron chi connectivity index (χ3n) is 1.82. The first kappa shape index (κ1) is 11.6. The summed E-state index contributed by atoms with van der Waals surface area (Å²) < 4.78 is 0. The van der Waals surface area contributed by atoms with Crippen LogP contribution in [-0.4, -0.2) is 29.0 Å². The molecule has 2 heterocycles. The molecule has 0 aliphatic heterocycles. The van der Waals surface area contributed by atoms with E-state index in [1.807, 2.05) is 19.5 Å². The summed E-state index contributed by atoms with van der Waals surface area (Å²) in [6.07, 6.45) is 0. The van der Waals surface area contributed by atoms with Gasteiger partial charge in [-0.1, -0.05) is 11.6 Å². The second-order valence-corrected chi connectivity index (χ2v) is 4.88. The molecule has 84 valence electrons. The zero-order valence-corrected chi connectivity index (χ0v) is 10.9. The van der Waals surface area contributed by atoms with Gasteiger partial charge in [-0.15, -0.1) is 11.3 Å². The Labute approximate surface area is 107 Å². The molecule has 4 nitrogen and oxygen atoms in total. The Morgan fingerprint density at radius 1 is 1.19 bits per heavy atom. The largest absolute Gasteiger partial charge is 0.347 e. The Kier molecular flexibility index (Phi) is 3.28. The number of halogens is 2. The van der Waals surface area contributed by atoms with Crippen molar-refractivity contribution < 1.29 is 0 Å². The van der Waals surface area contributed by atoms with Gasteiger partial charge in [0.15, 0.2) is 5.82 Å². The Bertz CT molecular complexity index is 512. The summed E-state index contributed by atoms with van der Waals surface area (Å²) in [5.74, 6) is 1.02. The maximum absolute atomic E-state index is 6.01. The molecular weight excluding hydrogens is 267 g/mol. The van der Waals surface area contributed by atoms with Crippen molar-refractivity contribution in [2.45, 2.75) is 0 Å². The molecule has 0 aromatic carbocycles. The van der Waals surface area contributed by atoms with Crippen LogP contribution in [-0.2, 0) is 0 Å². The topological polar surface area (TPSA) is 41.9 Å². The molecule has 7 heteroatoms. The third-order valence-corrected chi connectivity index (χ3v) is 3.32. The first-order chi connectivity index (χ1) is 7.58. The van der Waals surface area contributed by atoms with Crippen molar-refractivity contribution in [1.29, 1.82) is 0 Å². The summed E-state index contributed by atoms with van der Waals surface area (Å²) in [5, 5.41) is 2.67. The fourth-order valence-corrected chi connectivity index (χ4v) is 2.32. The van der Waals surface area contributed by atoms with Crippen molar-refractivity contribution in [2.75, 3.05) is 19.0 Å². The summed E-state index contributed by atoms with van der Waals surface area (Å²) >= 11 is 13.3. The number of anilines is 1. The summed E-state index contributed by atoms with van der Waals surface area (Å²) in [5.41, 5.74) is 0. The molecule has 2 rings (SSSR count).